The van der Waals surface area contributed by atoms with E-state index in [1.807, 2.05) is 0 Å². The summed E-state index contributed by atoms with van der Waals surface area (Å²) >= 11 is 5.88. The highest BCUT2D eigenvalue weighted by Crippen LogP contribution is 2.15. The molecule has 1 N–H and O–H groups in total. The summed E-state index contributed by atoms with van der Waals surface area (Å²) in [5.41, 5.74) is -0.342. The molecule has 0 atom stereocenters. The molecule has 1 heterocycles. The Kier molecular flexibility index (Phi) is 5.11. The van der Waals surface area contributed by atoms with E-state index in [4.69, 9.17) is 21.4 Å². The number of aliphatic hydroxyl groups is 1. The minimum atomic E-state index is -0.611. The van der Waals surface area contributed by atoms with Crippen molar-refractivity contribution in [1.29, 1.82) is 0 Å². The minimum Gasteiger partial charge on any atom is -0.477 e. The second-order valence-corrected chi connectivity index (χ2v) is 3.66. The van der Waals surface area contributed by atoms with Crippen LogP contribution in [0, 0.1) is 0 Å². The van der Waals surface area contributed by atoms with E-state index in [0.29, 0.717) is 0 Å². The fourth-order valence-corrected chi connectivity index (χ4v) is 1.66. The average molecular weight is 277 g/mol. The van der Waals surface area contributed by atoms with Crippen molar-refractivity contribution in [2.75, 3.05) is 20.8 Å². The van der Waals surface area contributed by atoms with Crippen LogP contribution in [0.25, 0.3) is 0 Å². The lowest BCUT2D eigenvalue weighted by molar-refractivity contribution is -0.141. The van der Waals surface area contributed by atoms with Crippen molar-refractivity contribution >= 4 is 17.6 Å². The summed E-state index contributed by atoms with van der Waals surface area (Å²) in [6, 6.07) is 0. The van der Waals surface area contributed by atoms with Gasteiger partial charge in [-0.3, -0.25) is 14.2 Å². The first-order chi connectivity index (χ1) is 8.54. The second-order valence-electron chi connectivity index (χ2n) is 3.30. The van der Waals surface area contributed by atoms with Gasteiger partial charge in [-0.05, 0) is 0 Å². The fraction of sp³-hybridized carbons (Fsp3) is 0.500. The Labute approximate surface area is 108 Å². The number of halogens is 1. The van der Waals surface area contributed by atoms with Crippen LogP contribution in [0.4, 0.5) is 0 Å². The molecule has 100 valence electrons. The van der Waals surface area contributed by atoms with Crippen LogP contribution in [0.15, 0.2) is 4.79 Å². The standard InChI is InChI=1S/C10H13ClN2O5/c1-17-7(15)5-13-6(3-4-14)8(11)12-9(18-2)10(13)16/h14H,3-5H2,1-2H3. The Morgan fingerprint density at radius 1 is 1.50 bits per heavy atom. The Balaban J connectivity index is 3.36. The summed E-state index contributed by atoms with van der Waals surface area (Å²) in [6.45, 7) is -0.544. The van der Waals surface area contributed by atoms with Gasteiger partial charge in [-0.2, -0.15) is 4.98 Å². The van der Waals surface area contributed by atoms with Gasteiger partial charge >= 0.3 is 11.5 Å². The molecule has 0 aliphatic rings. The van der Waals surface area contributed by atoms with E-state index in [9.17, 15) is 9.59 Å². The van der Waals surface area contributed by atoms with Crippen molar-refractivity contribution in [3.05, 3.63) is 21.2 Å². The molecule has 0 spiro atoms. The molecule has 0 fully saturated rings. The first-order valence-electron chi connectivity index (χ1n) is 5.06. The summed E-state index contributed by atoms with van der Waals surface area (Å²) in [5, 5.41) is 8.93. The number of hydrogen-bond donors (Lipinski definition) is 1. The molecule has 0 aliphatic heterocycles. The number of carbonyl (C=O) groups is 1. The maximum absolute atomic E-state index is 11.9. The van der Waals surface area contributed by atoms with Gasteiger partial charge in [0, 0.05) is 13.0 Å². The van der Waals surface area contributed by atoms with Gasteiger partial charge in [0.1, 0.15) is 6.54 Å². The van der Waals surface area contributed by atoms with Crippen molar-refractivity contribution in [2.24, 2.45) is 0 Å². The summed E-state index contributed by atoms with van der Waals surface area (Å²) in [5.74, 6) is -0.828. The topological polar surface area (TPSA) is 90.7 Å². The summed E-state index contributed by atoms with van der Waals surface area (Å²) in [6.07, 6.45) is 0.0993. The van der Waals surface area contributed by atoms with Crippen LogP contribution in [0.5, 0.6) is 5.88 Å². The van der Waals surface area contributed by atoms with Gasteiger partial charge in [-0.1, -0.05) is 11.6 Å². The van der Waals surface area contributed by atoms with Crippen LogP contribution >= 0.6 is 11.6 Å². The quantitative estimate of drug-likeness (QED) is 0.737. The molecule has 0 radical (unpaired) electrons. The number of hydrogen-bond acceptors (Lipinski definition) is 6. The average Bonchev–Trinajstić information content (AvgIpc) is 2.37. The molecule has 0 bridgehead atoms. The molecule has 7 nitrogen and oxygen atoms in total. The Bertz CT molecular complexity index is 500. The molecule has 0 aliphatic carbocycles. The number of nitrogens with zero attached hydrogens (tertiary/aromatic N) is 2. The largest absolute Gasteiger partial charge is 0.477 e. The molecule has 0 aromatic carbocycles. The maximum Gasteiger partial charge on any atom is 0.325 e. The highest BCUT2D eigenvalue weighted by Gasteiger charge is 2.17. The highest BCUT2D eigenvalue weighted by molar-refractivity contribution is 6.30. The fourth-order valence-electron chi connectivity index (χ4n) is 1.39. The van der Waals surface area contributed by atoms with Crippen LogP contribution < -0.4 is 10.3 Å². The smallest absolute Gasteiger partial charge is 0.325 e. The van der Waals surface area contributed by atoms with Crippen LogP contribution in [-0.4, -0.2) is 41.5 Å². The van der Waals surface area contributed by atoms with E-state index >= 15 is 0 Å². The molecule has 1 aromatic rings. The predicted molar refractivity (Wildman–Crippen MR) is 62.9 cm³/mol. The zero-order chi connectivity index (χ0) is 13.7. The maximum atomic E-state index is 11.9. The van der Waals surface area contributed by atoms with Gasteiger partial charge in [0.25, 0.3) is 5.88 Å². The van der Waals surface area contributed by atoms with Crippen LogP contribution in [0.3, 0.4) is 0 Å². The molecule has 8 heteroatoms. The summed E-state index contributed by atoms with van der Waals surface area (Å²) < 4.78 is 10.3. The molecule has 0 saturated carbocycles. The second kappa shape index (κ2) is 6.36. The highest BCUT2D eigenvalue weighted by atomic mass is 35.5. The van der Waals surface area contributed by atoms with Crippen molar-refractivity contribution in [1.82, 2.24) is 9.55 Å². The van der Waals surface area contributed by atoms with Gasteiger partial charge < -0.3 is 14.6 Å². The third-order valence-corrected chi connectivity index (χ3v) is 2.55. The molecule has 1 rings (SSSR count). The van der Waals surface area contributed by atoms with Crippen molar-refractivity contribution in [2.45, 2.75) is 13.0 Å². The first kappa shape index (κ1) is 14.5. The molecule has 0 unspecified atom stereocenters. The predicted octanol–water partition coefficient (Wildman–Crippen LogP) is -0.387. The van der Waals surface area contributed by atoms with E-state index < -0.39 is 11.5 Å². The lowest BCUT2D eigenvalue weighted by Crippen LogP contribution is -2.30. The van der Waals surface area contributed by atoms with Crippen molar-refractivity contribution in [3.63, 3.8) is 0 Å². The van der Waals surface area contributed by atoms with Gasteiger partial charge in [-0.25, -0.2) is 0 Å². The summed E-state index contributed by atoms with van der Waals surface area (Å²) in [7, 11) is 2.48. The van der Waals surface area contributed by atoms with Crippen LogP contribution in [-0.2, 0) is 22.5 Å². The first-order valence-corrected chi connectivity index (χ1v) is 5.43. The third-order valence-electron chi connectivity index (χ3n) is 2.25. The lowest BCUT2D eigenvalue weighted by Gasteiger charge is -2.13. The zero-order valence-electron chi connectivity index (χ0n) is 9.97. The van der Waals surface area contributed by atoms with E-state index in [2.05, 4.69) is 9.72 Å². The van der Waals surface area contributed by atoms with Crippen molar-refractivity contribution < 1.29 is 19.4 Å². The number of aromatic nitrogens is 2. The number of aliphatic hydroxyl groups excluding tert-OH is 1. The number of ether oxygens (including phenoxy) is 2. The van der Waals surface area contributed by atoms with Gasteiger partial charge in [0.05, 0.1) is 19.9 Å². The van der Waals surface area contributed by atoms with E-state index in [1.165, 1.54) is 14.2 Å². The number of esters is 1. The molecule has 1 aromatic heterocycles. The monoisotopic (exact) mass is 276 g/mol. The minimum absolute atomic E-state index is 0.00408. The van der Waals surface area contributed by atoms with E-state index in [1.54, 1.807) is 0 Å². The summed E-state index contributed by atoms with van der Waals surface area (Å²) in [4.78, 5) is 26.9. The van der Waals surface area contributed by atoms with E-state index in [-0.39, 0.29) is 36.3 Å². The molecule has 0 saturated heterocycles. The Hall–Kier alpha value is -1.60. The third kappa shape index (κ3) is 2.99. The Morgan fingerprint density at radius 2 is 2.17 bits per heavy atom. The van der Waals surface area contributed by atoms with Crippen LogP contribution in [0.1, 0.15) is 5.69 Å². The van der Waals surface area contributed by atoms with Gasteiger partial charge in [-0.15, -0.1) is 0 Å². The molecular weight excluding hydrogens is 264 g/mol. The zero-order valence-corrected chi connectivity index (χ0v) is 10.7. The Morgan fingerprint density at radius 3 is 2.67 bits per heavy atom. The number of carbonyl (C=O) groups excluding carboxylic acids is 1. The normalized spacial score (nSPS) is 10.2. The van der Waals surface area contributed by atoms with E-state index in [0.717, 1.165) is 4.57 Å². The van der Waals surface area contributed by atoms with Gasteiger partial charge in [0.15, 0.2) is 5.15 Å². The van der Waals surface area contributed by atoms with Crippen molar-refractivity contribution in [3.8, 4) is 5.88 Å². The SMILES string of the molecule is COC(=O)Cn1c(CCO)c(Cl)nc(OC)c1=O. The molecular formula is C10H13ClN2O5. The lowest BCUT2D eigenvalue weighted by atomic mass is 10.3. The van der Waals surface area contributed by atoms with Gasteiger partial charge in [0.2, 0.25) is 0 Å². The van der Waals surface area contributed by atoms with Crippen LogP contribution in [0.2, 0.25) is 5.15 Å². The number of methoxy groups -OCH3 is 2. The number of rotatable bonds is 5. The molecule has 18 heavy (non-hydrogen) atoms. The molecule has 0 amide bonds.